The quantitative estimate of drug-likeness (QED) is 0.179. The van der Waals surface area contributed by atoms with Crippen molar-refractivity contribution in [1.82, 2.24) is 24.1 Å². The minimum atomic E-state index is 0.501. The van der Waals surface area contributed by atoms with Crippen LogP contribution in [-0.4, -0.2) is 24.1 Å². The van der Waals surface area contributed by atoms with E-state index in [9.17, 15) is 0 Å². The molecule has 7 nitrogen and oxygen atoms in total. The molecule has 13 aromatic rings. The molecule has 0 radical (unpaired) electrons. The van der Waals surface area contributed by atoms with Crippen molar-refractivity contribution in [2.75, 3.05) is 0 Å². The normalized spacial score (nSPS) is 12.1. The van der Waals surface area contributed by atoms with Crippen molar-refractivity contribution in [1.29, 1.82) is 0 Å². The van der Waals surface area contributed by atoms with Gasteiger partial charge in [-0.2, -0.15) is 9.97 Å². The molecule has 0 N–H and O–H groups in total. The Morgan fingerprint density at radius 3 is 1.67 bits per heavy atom. The van der Waals surface area contributed by atoms with Crippen molar-refractivity contribution >= 4 is 87.5 Å². The van der Waals surface area contributed by atoms with Gasteiger partial charge in [-0.25, -0.2) is 4.98 Å². The molecule has 0 saturated carbocycles. The zero-order chi connectivity index (χ0) is 37.9. The number of para-hydroxylation sites is 6. The average molecular weight is 744 g/mol. The van der Waals surface area contributed by atoms with Crippen LogP contribution in [-0.2, 0) is 0 Å². The molecule has 270 valence electrons. The van der Waals surface area contributed by atoms with Crippen LogP contribution in [0.5, 0.6) is 0 Å². The Kier molecular flexibility index (Phi) is 6.32. The van der Waals surface area contributed by atoms with Gasteiger partial charge >= 0.3 is 0 Å². The third-order valence-corrected chi connectivity index (χ3v) is 11.6. The molecule has 0 aliphatic heterocycles. The molecule has 0 aliphatic carbocycles. The van der Waals surface area contributed by atoms with Gasteiger partial charge < -0.3 is 13.4 Å². The highest BCUT2D eigenvalue weighted by molar-refractivity contribution is 6.23. The van der Waals surface area contributed by atoms with E-state index in [-0.39, 0.29) is 0 Å². The number of rotatable bonds is 4. The minimum Gasteiger partial charge on any atom is -0.456 e. The third kappa shape index (κ3) is 4.35. The van der Waals surface area contributed by atoms with Gasteiger partial charge in [-0.05, 0) is 54.6 Å². The number of aromatic nitrogens is 5. The van der Waals surface area contributed by atoms with E-state index in [2.05, 4.69) is 130 Å². The predicted octanol–water partition coefficient (Wildman–Crippen LogP) is 13.2. The summed E-state index contributed by atoms with van der Waals surface area (Å²) in [4.78, 5) is 16.0. The first-order chi connectivity index (χ1) is 28.8. The van der Waals surface area contributed by atoms with Crippen molar-refractivity contribution in [2.45, 2.75) is 0 Å². The van der Waals surface area contributed by atoms with Crippen LogP contribution in [0.15, 0.2) is 185 Å². The molecule has 0 spiro atoms. The maximum atomic E-state index is 6.58. The summed E-state index contributed by atoms with van der Waals surface area (Å²) in [5, 5.41) is 8.69. The highest BCUT2D eigenvalue weighted by atomic mass is 16.3. The molecule has 0 amide bonds. The molecule has 7 heteroatoms. The Morgan fingerprint density at radius 2 is 0.914 bits per heavy atom. The molecular weight excluding hydrogens is 715 g/mol. The zero-order valence-corrected chi connectivity index (χ0v) is 30.8. The van der Waals surface area contributed by atoms with Gasteiger partial charge in [-0.15, -0.1) is 0 Å². The lowest BCUT2D eigenvalue weighted by molar-refractivity contribution is 0.668. The second kappa shape index (κ2) is 11.7. The van der Waals surface area contributed by atoms with Crippen LogP contribution in [0, 0.1) is 0 Å². The second-order valence-corrected chi connectivity index (χ2v) is 14.8. The maximum absolute atomic E-state index is 6.58. The van der Waals surface area contributed by atoms with Gasteiger partial charge in [0, 0.05) is 54.3 Å². The number of fused-ring (bicyclic) bond motifs is 13. The van der Waals surface area contributed by atoms with E-state index in [1.54, 1.807) is 0 Å². The van der Waals surface area contributed by atoms with Gasteiger partial charge in [0.2, 0.25) is 5.95 Å². The fourth-order valence-corrected chi connectivity index (χ4v) is 9.06. The Labute approximate surface area is 329 Å². The number of furan rings is 2. The Morgan fingerprint density at radius 1 is 0.362 bits per heavy atom. The van der Waals surface area contributed by atoms with E-state index < -0.39 is 0 Å². The molecule has 0 bridgehead atoms. The molecule has 0 unspecified atom stereocenters. The maximum Gasteiger partial charge on any atom is 0.238 e. The first kappa shape index (κ1) is 31.2. The van der Waals surface area contributed by atoms with Gasteiger partial charge in [-0.3, -0.25) is 4.57 Å². The SMILES string of the molecule is c1ccc(-n2c3ccccc3c3ccc4c5ccccc5n(-c5nc(-c6ccc7c(c6)oc6ccccc67)nc(-c6cccc7c6oc6ccccc67)n5)c4c32)cc1. The van der Waals surface area contributed by atoms with Crippen molar-refractivity contribution in [3.8, 4) is 34.4 Å². The molecule has 0 atom stereocenters. The molecule has 0 aliphatic rings. The van der Waals surface area contributed by atoms with E-state index in [0.29, 0.717) is 17.6 Å². The summed E-state index contributed by atoms with van der Waals surface area (Å²) in [7, 11) is 0. The smallest absolute Gasteiger partial charge is 0.238 e. The Bertz CT molecular complexity index is 3810. The van der Waals surface area contributed by atoms with E-state index in [1.165, 1.54) is 5.39 Å². The minimum absolute atomic E-state index is 0.501. The number of hydrogen-bond donors (Lipinski definition) is 0. The van der Waals surface area contributed by atoms with Crippen LogP contribution < -0.4 is 0 Å². The fraction of sp³-hybridized carbons (Fsp3) is 0. The lowest BCUT2D eigenvalue weighted by Gasteiger charge is -2.13. The standard InChI is InChI=1S/C51H29N5O2/c1-2-13-31(14-3-1)55-41-21-8-4-15-32(41)37-27-28-38-33-16-5-9-22-42(33)56(47(38)46(37)55)51-53-49(30-25-26-36-34-17-6-10-23-43(34)57-45(36)29-30)52-50(54-51)40-20-12-19-39-35-18-7-11-24-44(35)58-48(39)40/h1-29H. The van der Waals surface area contributed by atoms with E-state index >= 15 is 0 Å². The van der Waals surface area contributed by atoms with Crippen molar-refractivity contribution in [2.24, 2.45) is 0 Å². The van der Waals surface area contributed by atoms with E-state index in [0.717, 1.165) is 98.9 Å². The van der Waals surface area contributed by atoms with Gasteiger partial charge in [0.1, 0.15) is 22.3 Å². The summed E-state index contributed by atoms with van der Waals surface area (Å²) in [6, 6.07) is 60.8. The molecule has 5 heterocycles. The number of nitrogens with zero attached hydrogens (tertiary/aromatic N) is 5. The van der Waals surface area contributed by atoms with E-state index in [1.807, 2.05) is 54.6 Å². The van der Waals surface area contributed by atoms with Crippen molar-refractivity contribution in [3.05, 3.63) is 176 Å². The van der Waals surface area contributed by atoms with Crippen LogP contribution >= 0.6 is 0 Å². The van der Waals surface area contributed by atoms with Gasteiger partial charge in [0.15, 0.2) is 11.6 Å². The molecular formula is C51H29N5O2. The first-order valence-corrected chi connectivity index (χ1v) is 19.4. The van der Waals surface area contributed by atoms with Crippen LogP contribution in [0.4, 0.5) is 0 Å². The monoisotopic (exact) mass is 743 g/mol. The van der Waals surface area contributed by atoms with Gasteiger partial charge in [-0.1, -0.05) is 121 Å². The first-order valence-electron chi connectivity index (χ1n) is 19.4. The summed E-state index contributed by atoms with van der Waals surface area (Å²) in [5.41, 5.74) is 10.0. The summed E-state index contributed by atoms with van der Waals surface area (Å²) in [5.74, 6) is 1.54. The summed E-state index contributed by atoms with van der Waals surface area (Å²) >= 11 is 0. The summed E-state index contributed by atoms with van der Waals surface area (Å²) in [6.07, 6.45) is 0. The Balaban J connectivity index is 1.17. The van der Waals surface area contributed by atoms with E-state index in [4.69, 9.17) is 23.8 Å². The summed E-state index contributed by atoms with van der Waals surface area (Å²) in [6.45, 7) is 0. The predicted molar refractivity (Wildman–Crippen MR) is 234 cm³/mol. The second-order valence-electron chi connectivity index (χ2n) is 14.8. The lowest BCUT2D eigenvalue weighted by atomic mass is 10.1. The Hall–Kier alpha value is -8.03. The molecule has 0 fully saturated rings. The topological polar surface area (TPSA) is 74.8 Å². The van der Waals surface area contributed by atoms with Crippen molar-refractivity contribution in [3.63, 3.8) is 0 Å². The van der Waals surface area contributed by atoms with Crippen LogP contribution in [0.3, 0.4) is 0 Å². The lowest BCUT2D eigenvalue weighted by Crippen LogP contribution is -2.07. The van der Waals surface area contributed by atoms with Crippen LogP contribution in [0.2, 0.25) is 0 Å². The highest BCUT2D eigenvalue weighted by Crippen LogP contribution is 2.42. The fourth-order valence-electron chi connectivity index (χ4n) is 9.06. The molecule has 8 aromatic carbocycles. The largest absolute Gasteiger partial charge is 0.456 e. The third-order valence-electron chi connectivity index (χ3n) is 11.6. The molecule has 0 saturated heterocycles. The highest BCUT2D eigenvalue weighted by Gasteiger charge is 2.24. The molecule has 5 aromatic heterocycles. The number of hydrogen-bond acceptors (Lipinski definition) is 5. The number of benzene rings is 8. The van der Waals surface area contributed by atoms with Gasteiger partial charge in [0.25, 0.3) is 0 Å². The van der Waals surface area contributed by atoms with Gasteiger partial charge in [0.05, 0.1) is 27.6 Å². The summed E-state index contributed by atoms with van der Waals surface area (Å²) < 4.78 is 17.5. The van der Waals surface area contributed by atoms with Crippen LogP contribution in [0.25, 0.3) is 122 Å². The average Bonchev–Trinajstić information content (AvgIpc) is 4.04. The molecule has 13 rings (SSSR count). The van der Waals surface area contributed by atoms with Crippen molar-refractivity contribution < 1.29 is 8.83 Å². The molecule has 58 heavy (non-hydrogen) atoms. The van der Waals surface area contributed by atoms with Crippen LogP contribution in [0.1, 0.15) is 0 Å². The zero-order valence-electron chi connectivity index (χ0n) is 30.8.